The maximum absolute atomic E-state index is 10.4. The summed E-state index contributed by atoms with van der Waals surface area (Å²) >= 11 is 3.22. The molecule has 0 amide bonds. The van der Waals surface area contributed by atoms with Crippen LogP contribution in [0.25, 0.3) is 0 Å². The number of hydrogen-bond donors (Lipinski definition) is 1. The van der Waals surface area contributed by atoms with Gasteiger partial charge in [-0.1, -0.05) is 27.6 Å². The number of rotatable bonds is 2. The number of hydrogen-bond acceptors (Lipinski definition) is 3. The van der Waals surface area contributed by atoms with Crippen molar-refractivity contribution in [2.75, 3.05) is 12.4 Å². The van der Waals surface area contributed by atoms with Crippen LogP contribution in [0.15, 0.2) is 34.3 Å². The van der Waals surface area contributed by atoms with Gasteiger partial charge in [0.1, 0.15) is 5.69 Å². The SMILES string of the molecule is CC=C(C)C.CNc1cc(Br)ccc1[N+](=O)[O-]. The molecule has 4 nitrogen and oxygen atoms in total. The lowest BCUT2D eigenvalue weighted by molar-refractivity contribution is -0.383. The second kappa shape index (κ2) is 7.84. The normalized spacial score (nSPS) is 8.76. The van der Waals surface area contributed by atoms with Crippen molar-refractivity contribution in [2.45, 2.75) is 20.8 Å². The van der Waals surface area contributed by atoms with Crippen LogP contribution in [-0.4, -0.2) is 12.0 Å². The highest BCUT2D eigenvalue weighted by atomic mass is 79.9. The first kappa shape index (κ1) is 15.6. The van der Waals surface area contributed by atoms with Gasteiger partial charge in [0.25, 0.3) is 5.69 Å². The molecule has 17 heavy (non-hydrogen) atoms. The van der Waals surface area contributed by atoms with Crippen LogP contribution >= 0.6 is 15.9 Å². The molecule has 0 saturated carbocycles. The second-order valence-corrected chi connectivity index (χ2v) is 4.45. The predicted molar refractivity (Wildman–Crippen MR) is 75.4 cm³/mol. The van der Waals surface area contributed by atoms with Gasteiger partial charge in [0.05, 0.1) is 4.92 Å². The van der Waals surface area contributed by atoms with E-state index in [0.717, 1.165) is 4.47 Å². The van der Waals surface area contributed by atoms with Gasteiger partial charge in [-0.3, -0.25) is 10.1 Å². The molecule has 0 fully saturated rings. The Balaban J connectivity index is 0.000000437. The Morgan fingerprint density at radius 2 is 2.00 bits per heavy atom. The molecule has 0 aliphatic heterocycles. The summed E-state index contributed by atoms with van der Waals surface area (Å²) in [5.74, 6) is 0. The van der Waals surface area contributed by atoms with Crippen LogP contribution in [0, 0.1) is 10.1 Å². The molecule has 1 rings (SSSR count). The maximum atomic E-state index is 10.4. The monoisotopic (exact) mass is 300 g/mol. The largest absolute Gasteiger partial charge is 0.383 e. The highest BCUT2D eigenvalue weighted by molar-refractivity contribution is 9.10. The Bertz CT molecular complexity index is 413. The number of nitrogens with zero attached hydrogens (tertiary/aromatic N) is 1. The Morgan fingerprint density at radius 1 is 1.47 bits per heavy atom. The first-order chi connectivity index (χ1) is 7.92. The fraction of sp³-hybridized carbons (Fsp3) is 0.333. The smallest absolute Gasteiger partial charge is 0.292 e. The minimum Gasteiger partial charge on any atom is -0.383 e. The fourth-order valence-electron chi connectivity index (χ4n) is 0.868. The number of halogens is 1. The van der Waals surface area contributed by atoms with Crippen LogP contribution in [0.5, 0.6) is 0 Å². The van der Waals surface area contributed by atoms with Gasteiger partial charge in [-0.15, -0.1) is 0 Å². The molecule has 0 aliphatic rings. The van der Waals surface area contributed by atoms with Gasteiger partial charge in [-0.2, -0.15) is 0 Å². The van der Waals surface area contributed by atoms with Gasteiger partial charge in [-0.05, 0) is 32.9 Å². The number of benzene rings is 1. The van der Waals surface area contributed by atoms with Crippen molar-refractivity contribution in [3.63, 3.8) is 0 Å². The summed E-state index contributed by atoms with van der Waals surface area (Å²) in [6.07, 6.45) is 2.08. The van der Waals surface area contributed by atoms with Crippen LogP contribution in [0.2, 0.25) is 0 Å². The number of nitrogens with one attached hydrogen (secondary N) is 1. The van der Waals surface area contributed by atoms with Crippen LogP contribution in [0.4, 0.5) is 11.4 Å². The van der Waals surface area contributed by atoms with Gasteiger partial charge in [0.15, 0.2) is 0 Å². The van der Waals surface area contributed by atoms with Crippen molar-refractivity contribution in [1.82, 2.24) is 0 Å². The van der Waals surface area contributed by atoms with E-state index < -0.39 is 4.92 Å². The highest BCUT2D eigenvalue weighted by Crippen LogP contribution is 2.26. The van der Waals surface area contributed by atoms with Crippen LogP contribution in [0.1, 0.15) is 20.8 Å². The van der Waals surface area contributed by atoms with E-state index in [1.807, 2.05) is 6.92 Å². The van der Waals surface area contributed by atoms with Crippen LogP contribution < -0.4 is 5.32 Å². The summed E-state index contributed by atoms with van der Waals surface area (Å²) < 4.78 is 0.817. The summed E-state index contributed by atoms with van der Waals surface area (Å²) in [5.41, 5.74) is 1.97. The molecule has 1 aromatic rings. The zero-order valence-electron chi connectivity index (χ0n) is 10.5. The summed E-state index contributed by atoms with van der Waals surface area (Å²) in [6.45, 7) is 6.20. The molecule has 0 radical (unpaired) electrons. The molecule has 0 bridgehead atoms. The van der Waals surface area contributed by atoms with Crippen LogP contribution in [0.3, 0.4) is 0 Å². The van der Waals surface area contributed by atoms with Crippen molar-refractivity contribution < 1.29 is 4.92 Å². The lowest BCUT2D eigenvalue weighted by Gasteiger charge is -2.01. The number of allylic oxidation sites excluding steroid dienone is 2. The first-order valence-corrected chi connectivity index (χ1v) is 5.92. The van der Waals surface area contributed by atoms with E-state index in [1.165, 1.54) is 11.6 Å². The third kappa shape index (κ3) is 6.06. The van der Waals surface area contributed by atoms with Crippen molar-refractivity contribution >= 4 is 27.3 Å². The standard InChI is InChI=1S/C7H7BrN2O2.C5H10/c1-9-6-4-5(8)2-3-7(6)10(11)12;1-4-5(2)3/h2-4,9H,1H3;4H,1-3H3. The Hall–Kier alpha value is -1.36. The van der Waals surface area contributed by atoms with Crippen molar-refractivity contribution in [2.24, 2.45) is 0 Å². The molecular formula is C12H17BrN2O2. The van der Waals surface area contributed by atoms with Gasteiger partial charge >= 0.3 is 0 Å². The average Bonchev–Trinajstić information content (AvgIpc) is 2.29. The Morgan fingerprint density at radius 3 is 2.35 bits per heavy atom. The van der Waals surface area contributed by atoms with E-state index in [1.54, 1.807) is 19.2 Å². The number of nitro groups is 1. The molecule has 0 aromatic heterocycles. The molecule has 1 aromatic carbocycles. The van der Waals surface area contributed by atoms with Gasteiger partial charge < -0.3 is 5.32 Å². The highest BCUT2D eigenvalue weighted by Gasteiger charge is 2.11. The lowest BCUT2D eigenvalue weighted by atomic mass is 10.3. The topological polar surface area (TPSA) is 55.2 Å². The van der Waals surface area contributed by atoms with Crippen molar-refractivity contribution in [3.05, 3.63) is 44.4 Å². The zero-order valence-corrected chi connectivity index (χ0v) is 12.0. The lowest BCUT2D eigenvalue weighted by Crippen LogP contribution is -1.95. The van der Waals surface area contributed by atoms with E-state index in [2.05, 4.69) is 41.2 Å². The number of anilines is 1. The summed E-state index contributed by atoms with van der Waals surface area (Å²) in [5, 5.41) is 13.2. The number of nitro benzene ring substituents is 1. The molecule has 0 aliphatic carbocycles. The fourth-order valence-corrected chi connectivity index (χ4v) is 1.23. The van der Waals surface area contributed by atoms with Gasteiger partial charge in [0, 0.05) is 17.6 Å². The van der Waals surface area contributed by atoms with E-state index in [4.69, 9.17) is 0 Å². The quantitative estimate of drug-likeness (QED) is 0.501. The van der Waals surface area contributed by atoms with Crippen molar-refractivity contribution in [1.29, 1.82) is 0 Å². The third-order valence-corrected chi connectivity index (χ3v) is 2.50. The molecule has 0 atom stereocenters. The van der Waals surface area contributed by atoms with Crippen LogP contribution in [-0.2, 0) is 0 Å². The zero-order chi connectivity index (χ0) is 13.4. The van der Waals surface area contributed by atoms with E-state index in [-0.39, 0.29) is 5.69 Å². The molecule has 5 heteroatoms. The molecule has 0 unspecified atom stereocenters. The summed E-state index contributed by atoms with van der Waals surface area (Å²) in [7, 11) is 1.65. The molecule has 0 saturated heterocycles. The maximum Gasteiger partial charge on any atom is 0.292 e. The van der Waals surface area contributed by atoms with E-state index in [0.29, 0.717) is 5.69 Å². The molecule has 0 heterocycles. The third-order valence-electron chi connectivity index (χ3n) is 2.00. The van der Waals surface area contributed by atoms with E-state index >= 15 is 0 Å². The minimum atomic E-state index is -0.418. The first-order valence-electron chi connectivity index (χ1n) is 5.13. The summed E-state index contributed by atoms with van der Waals surface area (Å²) in [4.78, 5) is 10.0. The molecule has 0 spiro atoms. The van der Waals surface area contributed by atoms with Crippen molar-refractivity contribution in [3.8, 4) is 0 Å². The average molecular weight is 301 g/mol. The second-order valence-electron chi connectivity index (χ2n) is 3.53. The molecular weight excluding hydrogens is 284 g/mol. The predicted octanol–water partition coefficient (Wildman–Crippen LogP) is 4.37. The Labute approximate surface area is 110 Å². The van der Waals surface area contributed by atoms with E-state index in [9.17, 15) is 10.1 Å². The Kier molecular flexibility index (Phi) is 7.21. The molecule has 1 N–H and O–H groups in total. The van der Waals surface area contributed by atoms with Gasteiger partial charge in [0.2, 0.25) is 0 Å². The summed E-state index contributed by atoms with van der Waals surface area (Å²) in [6, 6.07) is 4.76. The minimum absolute atomic E-state index is 0.0840. The van der Waals surface area contributed by atoms with Gasteiger partial charge in [-0.25, -0.2) is 0 Å². The molecule has 94 valence electrons.